The molecule has 0 saturated heterocycles. The molecule has 0 spiro atoms. The zero-order valence-electron chi connectivity index (χ0n) is 18.5. The number of carbonyl (C=O) groups excluding carboxylic acids is 2. The zero-order chi connectivity index (χ0) is 24.5. The van der Waals surface area contributed by atoms with Crippen LogP contribution in [0, 0.1) is 6.92 Å². The molecule has 1 aromatic heterocycles. The van der Waals surface area contributed by atoms with Crippen LogP contribution in [0.15, 0.2) is 71.1 Å². The smallest absolute Gasteiger partial charge is 0.332 e. The second-order valence-electron chi connectivity index (χ2n) is 8.13. The van der Waals surface area contributed by atoms with Crippen LogP contribution in [0.1, 0.15) is 44.4 Å². The lowest BCUT2D eigenvalue weighted by molar-refractivity contribution is -0.137. The summed E-state index contributed by atoms with van der Waals surface area (Å²) in [6.45, 7) is 1.72. The Morgan fingerprint density at radius 3 is 2.35 bits per heavy atom. The maximum atomic E-state index is 13.2. The number of hydrogen-bond donors (Lipinski definition) is 0. The highest BCUT2D eigenvalue weighted by atomic mass is 32.1. The number of rotatable bonds is 5. The van der Waals surface area contributed by atoms with Gasteiger partial charge in [0.2, 0.25) is 0 Å². The highest BCUT2D eigenvalue weighted by Crippen LogP contribution is 2.34. The molecule has 0 radical (unpaired) electrons. The molecule has 4 rings (SSSR count). The summed E-state index contributed by atoms with van der Waals surface area (Å²) in [5.41, 5.74) is 2.07. The lowest BCUT2D eigenvalue weighted by Crippen LogP contribution is -2.39. The number of amides is 2. The van der Waals surface area contributed by atoms with Gasteiger partial charge in [0, 0.05) is 19.0 Å². The SMILES string of the molecule is Cc1ccc(C2CC(c3cccs3)=NN2C(=O)CN(C)C(=O)c2ccc(C(F)(F)F)cc2)cc1. The number of likely N-dealkylation sites (N-methyl/N-ethyl adjacent to an activating group) is 1. The maximum Gasteiger partial charge on any atom is 0.416 e. The molecule has 176 valence electrons. The van der Waals surface area contributed by atoms with Crippen molar-refractivity contribution in [3.8, 4) is 0 Å². The number of nitrogens with zero attached hydrogens (tertiary/aromatic N) is 3. The number of carbonyl (C=O) groups is 2. The first-order valence-electron chi connectivity index (χ1n) is 10.6. The lowest BCUT2D eigenvalue weighted by atomic mass is 10.00. The van der Waals surface area contributed by atoms with Gasteiger partial charge in [0.25, 0.3) is 11.8 Å². The van der Waals surface area contributed by atoms with Crippen LogP contribution in [0.5, 0.6) is 0 Å². The molecule has 1 aliphatic rings. The molecule has 0 aliphatic carbocycles. The van der Waals surface area contributed by atoms with Gasteiger partial charge < -0.3 is 4.90 Å². The van der Waals surface area contributed by atoms with Gasteiger partial charge in [0.05, 0.1) is 22.2 Å². The number of thiophene rings is 1. The number of hydrogen-bond acceptors (Lipinski definition) is 4. The highest BCUT2D eigenvalue weighted by Gasteiger charge is 2.34. The first kappa shape index (κ1) is 23.7. The molecular formula is C25H22F3N3O2S. The number of benzene rings is 2. The van der Waals surface area contributed by atoms with E-state index in [-0.39, 0.29) is 24.1 Å². The zero-order valence-corrected chi connectivity index (χ0v) is 19.4. The van der Waals surface area contributed by atoms with E-state index < -0.39 is 17.6 Å². The summed E-state index contributed by atoms with van der Waals surface area (Å²) in [6.07, 6.45) is -3.94. The van der Waals surface area contributed by atoms with Crippen molar-refractivity contribution in [2.24, 2.45) is 5.10 Å². The van der Waals surface area contributed by atoms with E-state index in [1.165, 1.54) is 28.3 Å². The molecule has 0 N–H and O–H groups in total. The Kier molecular flexibility index (Phi) is 6.56. The predicted octanol–water partition coefficient (Wildman–Crippen LogP) is 5.53. The molecule has 3 aromatic rings. The normalized spacial score (nSPS) is 15.9. The van der Waals surface area contributed by atoms with E-state index in [9.17, 15) is 22.8 Å². The summed E-state index contributed by atoms with van der Waals surface area (Å²) in [7, 11) is 1.44. The van der Waals surface area contributed by atoms with Crippen LogP contribution >= 0.6 is 11.3 Å². The minimum atomic E-state index is -4.48. The third-order valence-corrected chi connectivity index (χ3v) is 6.53. The van der Waals surface area contributed by atoms with E-state index in [2.05, 4.69) is 5.10 Å². The number of aryl methyl sites for hydroxylation is 1. The third kappa shape index (κ3) is 5.04. The minimum absolute atomic E-state index is 0.0718. The molecule has 2 aromatic carbocycles. The second kappa shape index (κ2) is 9.42. The molecule has 5 nitrogen and oxygen atoms in total. The van der Waals surface area contributed by atoms with Crippen LogP contribution in [0.4, 0.5) is 13.2 Å². The van der Waals surface area contributed by atoms with Gasteiger partial charge >= 0.3 is 6.18 Å². The number of alkyl halides is 3. The molecule has 34 heavy (non-hydrogen) atoms. The monoisotopic (exact) mass is 485 g/mol. The molecule has 2 amide bonds. The fraction of sp³-hybridized carbons (Fsp3) is 0.240. The lowest BCUT2D eigenvalue weighted by Gasteiger charge is -2.25. The molecule has 1 aliphatic heterocycles. The van der Waals surface area contributed by atoms with Gasteiger partial charge in [-0.2, -0.15) is 18.3 Å². The summed E-state index contributed by atoms with van der Waals surface area (Å²) in [6, 6.07) is 15.4. The van der Waals surface area contributed by atoms with Crippen LogP contribution < -0.4 is 0 Å². The summed E-state index contributed by atoms with van der Waals surface area (Å²) >= 11 is 1.54. The molecule has 1 unspecified atom stereocenters. The molecule has 2 heterocycles. The number of hydrazone groups is 1. The first-order valence-corrected chi connectivity index (χ1v) is 11.4. The quantitative estimate of drug-likeness (QED) is 0.478. The van der Waals surface area contributed by atoms with Crippen molar-refractivity contribution in [2.45, 2.75) is 25.6 Å². The Hall–Kier alpha value is -3.46. The van der Waals surface area contributed by atoms with Crippen molar-refractivity contribution < 1.29 is 22.8 Å². The van der Waals surface area contributed by atoms with Gasteiger partial charge in [-0.3, -0.25) is 9.59 Å². The Balaban J connectivity index is 1.52. The van der Waals surface area contributed by atoms with E-state index >= 15 is 0 Å². The molecule has 0 fully saturated rings. The van der Waals surface area contributed by atoms with E-state index in [1.54, 1.807) is 0 Å². The average molecular weight is 486 g/mol. The molecule has 0 bridgehead atoms. The van der Waals surface area contributed by atoms with Gasteiger partial charge in [-0.05, 0) is 48.2 Å². The van der Waals surface area contributed by atoms with Crippen molar-refractivity contribution in [1.29, 1.82) is 0 Å². The van der Waals surface area contributed by atoms with Crippen molar-refractivity contribution >= 4 is 28.9 Å². The van der Waals surface area contributed by atoms with Gasteiger partial charge in [0.15, 0.2) is 0 Å². The Bertz CT molecular complexity index is 1200. The highest BCUT2D eigenvalue weighted by molar-refractivity contribution is 7.12. The fourth-order valence-electron chi connectivity index (χ4n) is 3.75. The summed E-state index contributed by atoms with van der Waals surface area (Å²) in [4.78, 5) is 28.1. The van der Waals surface area contributed by atoms with Gasteiger partial charge in [0.1, 0.15) is 6.54 Å². The third-order valence-electron chi connectivity index (χ3n) is 5.61. The largest absolute Gasteiger partial charge is 0.416 e. The first-order chi connectivity index (χ1) is 16.1. The van der Waals surface area contributed by atoms with Crippen LogP contribution in [-0.2, 0) is 11.0 Å². The topological polar surface area (TPSA) is 53.0 Å². The van der Waals surface area contributed by atoms with E-state index in [0.29, 0.717) is 6.42 Å². The van der Waals surface area contributed by atoms with Crippen molar-refractivity contribution in [1.82, 2.24) is 9.91 Å². The molecular weight excluding hydrogens is 463 g/mol. The Labute approximate surface area is 199 Å². The maximum absolute atomic E-state index is 13.2. The van der Waals surface area contributed by atoms with Crippen molar-refractivity contribution in [2.75, 3.05) is 13.6 Å². The fourth-order valence-corrected chi connectivity index (χ4v) is 4.47. The summed E-state index contributed by atoms with van der Waals surface area (Å²) in [5, 5.41) is 7.94. The van der Waals surface area contributed by atoms with Crippen LogP contribution in [0.25, 0.3) is 0 Å². The minimum Gasteiger partial charge on any atom is -0.332 e. The van der Waals surface area contributed by atoms with E-state index in [0.717, 1.165) is 46.0 Å². The van der Waals surface area contributed by atoms with Crippen LogP contribution in [0.2, 0.25) is 0 Å². The predicted molar refractivity (Wildman–Crippen MR) is 125 cm³/mol. The van der Waals surface area contributed by atoms with Gasteiger partial charge in [-0.25, -0.2) is 5.01 Å². The standard InChI is InChI=1S/C25H22F3N3O2S/c1-16-5-7-17(8-6-16)21-14-20(22-4-3-13-34-22)29-31(21)23(32)15-30(2)24(33)18-9-11-19(12-10-18)25(26,27)28/h3-13,21H,14-15H2,1-2H3. The van der Waals surface area contributed by atoms with Gasteiger partial charge in [-0.1, -0.05) is 35.9 Å². The molecule has 0 saturated carbocycles. The van der Waals surface area contributed by atoms with Crippen molar-refractivity contribution in [3.63, 3.8) is 0 Å². The Morgan fingerprint density at radius 1 is 1.09 bits per heavy atom. The van der Waals surface area contributed by atoms with Gasteiger partial charge in [-0.15, -0.1) is 11.3 Å². The summed E-state index contributed by atoms with van der Waals surface area (Å²) < 4.78 is 38.4. The van der Waals surface area contributed by atoms with E-state index in [4.69, 9.17) is 0 Å². The van der Waals surface area contributed by atoms with Crippen LogP contribution in [0.3, 0.4) is 0 Å². The van der Waals surface area contributed by atoms with E-state index in [1.807, 2.05) is 48.7 Å². The number of halogens is 3. The van der Waals surface area contributed by atoms with Crippen molar-refractivity contribution in [3.05, 3.63) is 93.2 Å². The molecule has 1 atom stereocenters. The second-order valence-corrected chi connectivity index (χ2v) is 9.08. The summed E-state index contributed by atoms with van der Waals surface area (Å²) in [5.74, 6) is -0.921. The van der Waals surface area contributed by atoms with Crippen LogP contribution in [-0.4, -0.2) is 41.0 Å². The molecule has 9 heteroatoms. The Morgan fingerprint density at radius 2 is 1.76 bits per heavy atom. The average Bonchev–Trinajstić information content (AvgIpc) is 3.49.